The van der Waals surface area contributed by atoms with Crippen LogP contribution in [0.2, 0.25) is 0 Å². The fraction of sp³-hybridized carbons (Fsp3) is 0.552. The van der Waals surface area contributed by atoms with Crippen molar-refractivity contribution >= 4 is 23.1 Å². The maximum atomic E-state index is 12.0. The number of hydrogen-bond acceptors (Lipinski definition) is 9. The van der Waals surface area contributed by atoms with E-state index in [1.165, 1.54) is 0 Å². The molecule has 3 fully saturated rings. The highest BCUT2D eigenvalue weighted by Crippen LogP contribution is 2.40. The van der Waals surface area contributed by atoms with Gasteiger partial charge in [-0.1, -0.05) is 5.92 Å². The lowest BCUT2D eigenvalue weighted by Crippen LogP contribution is -2.61. The van der Waals surface area contributed by atoms with Crippen LogP contribution in [0.4, 0.5) is 17.2 Å². The van der Waals surface area contributed by atoms with Gasteiger partial charge in [-0.05, 0) is 45.4 Å². The zero-order valence-electron chi connectivity index (χ0n) is 23.1. The SMILES string of the molecule is CC#CC(=O)N1CC(N2CCC(c3cc4c(c(C)n3)OCc3c(N5CCOCC5)ccnc3N4)N(C)CC2)C1. The highest BCUT2D eigenvalue weighted by molar-refractivity contribution is 5.94. The molecule has 4 aliphatic rings. The van der Waals surface area contributed by atoms with Crippen molar-refractivity contribution in [1.82, 2.24) is 24.7 Å². The van der Waals surface area contributed by atoms with E-state index in [0.29, 0.717) is 12.6 Å². The number of carbonyl (C=O) groups is 1. The number of anilines is 3. The predicted octanol–water partition coefficient (Wildman–Crippen LogP) is 2.17. The molecule has 2 aromatic rings. The minimum absolute atomic E-state index is 0.0638. The normalized spacial score (nSPS) is 22.2. The Hall–Kier alpha value is -3.39. The van der Waals surface area contributed by atoms with Crippen LogP contribution in [0.15, 0.2) is 18.3 Å². The third-order valence-electron chi connectivity index (χ3n) is 8.36. The summed E-state index contributed by atoms with van der Waals surface area (Å²) >= 11 is 0. The third-order valence-corrected chi connectivity index (χ3v) is 8.36. The highest BCUT2D eigenvalue weighted by Gasteiger charge is 2.36. The molecule has 6 rings (SSSR count). The summed E-state index contributed by atoms with van der Waals surface area (Å²) in [6.07, 6.45) is 2.84. The van der Waals surface area contributed by atoms with Crippen LogP contribution < -0.4 is 15.0 Å². The van der Waals surface area contributed by atoms with E-state index in [0.717, 1.165) is 105 Å². The van der Waals surface area contributed by atoms with E-state index in [1.807, 2.05) is 18.0 Å². The van der Waals surface area contributed by atoms with Gasteiger partial charge in [-0.3, -0.25) is 19.6 Å². The molecule has 1 amide bonds. The molecule has 39 heavy (non-hydrogen) atoms. The monoisotopic (exact) mass is 531 g/mol. The van der Waals surface area contributed by atoms with Crippen LogP contribution in [0.25, 0.3) is 0 Å². The van der Waals surface area contributed by atoms with Gasteiger partial charge in [0.15, 0.2) is 5.75 Å². The lowest BCUT2D eigenvalue weighted by atomic mass is 10.0. The highest BCUT2D eigenvalue weighted by atomic mass is 16.5. The van der Waals surface area contributed by atoms with Gasteiger partial charge < -0.3 is 24.6 Å². The van der Waals surface area contributed by atoms with E-state index in [9.17, 15) is 4.79 Å². The van der Waals surface area contributed by atoms with Gasteiger partial charge in [-0.2, -0.15) is 0 Å². The predicted molar refractivity (Wildman–Crippen MR) is 149 cm³/mol. The minimum Gasteiger partial charge on any atom is -0.485 e. The second-order valence-corrected chi connectivity index (χ2v) is 10.7. The number of nitrogens with zero attached hydrogens (tertiary/aromatic N) is 6. The number of nitrogens with one attached hydrogen (secondary N) is 1. The number of aromatic nitrogens is 2. The summed E-state index contributed by atoms with van der Waals surface area (Å²) in [7, 11) is 2.18. The number of carbonyl (C=O) groups excluding carboxylic acids is 1. The molecule has 10 heteroatoms. The Kier molecular flexibility index (Phi) is 7.30. The number of ether oxygens (including phenoxy) is 2. The quantitative estimate of drug-likeness (QED) is 0.599. The van der Waals surface area contributed by atoms with E-state index in [4.69, 9.17) is 14.5 Å². The summed E-state index contributed by atoms with van der Waals surface area (Å²) in [5.41, 5.74) is 5.06. The lowest BCUT2D eigenvalue weighted by molar-refractivity contribution is -0.132. The minimum atomic E-state index is -0.0638. The fourth-order valence-corrected chi connectivity index (χ4v) is 6.07. The van der Waals surface area contributed by atoms with Crippen LogP contribution >= 0.6 is 0 Å². The molecule has 6 heterocycles. The maximum absolute atomic E-state index is 12.0. The molecular formula is C29H37N7O3. The van der Waals surface area contributed by atoms with Crippen LogP contribution in [0.3, 0.4) is 0 Å². The van der Waals surface area contributed by atoms with Crippen molar-refractivity contribution in [2.75, 3.05) is 76.3 Å². The van der Waals surface area contributed by atoms with Gasteiger partial charge in [0.25, 0.3) is 5.91 Å². The van der Waals surface area contributed by atoms with Crippen LogP contribution in [0, 0.1) is 18.8 Å². The van der Waals surface area contributed by atoms with Crippen LogP contribution in [-0.4, -0.2) is 103 Å². The molecule has 0 aromatic carbocycles. The summed E-state index contributed by atoms with van der Waals surface area (Å²) in [5.74, 6) is 6.93. The summed E-state index contributed by atoms with van der Waals surface area (Å²) < 4.78 is 11.9. The second kappa shape index (κ2) is 11.0. The first-order valence-electron chi connectivity index (χ1n) is 13.9. The number of likely N-dealkylation sites (N-methyl/N-ethyl adjacent to an activating group) is 1. The Morgan fingerprint density at radius 2 is 1.97 bits per heavy atom. The molecule has 2 aromatic heterocycles. The van der Waals surface area contributed by atoms with Gasteiger partial charge in [-0.15, -0.1) is 0 Å². The third kappa shape index (κ3) is 5.14. The molecule has 3 saturated heterocycles. The van der Waals surface area contributed by atoms with Gasteiger partial charge in [0.1, 0.15) is 12.4 Å². The van der Waals surface area contributed by atoms with Crippen molar-refractivity contribution in [2.45, 2.75) is 39.0 Å². The molecule has 4 aliphatic heterocycles. The van der Waals surface area contributed by atoms with Crippen LogP contribution in [-0.2, 0) is 16.1 Å². The molecule has 10 nitrogen and oxygen atoms in total. The van der Waals surface area contributed by atoms with Gasteiger partial charge in [0, 0.05) is 63.7 Å². The van der Waals surface area contributed by atoms with Crippen molar-refractivity contribution in [1.29, 1.82) is 0 Å². The average Bonchev–Trinajstić information content (AvgIpc) is 3.22. The molecule has 0 spiro atoms. The Balaban J connectivity index is 1.19. The average molecular weight is 532 g/mol. The first kappa shape index (κ1) is 25.9. The topological polar surface area (TPSA) is 86.3 Å². The molecule has 0 aliphatic carbocycles. The number of hydrogen-bond donors (Lipinski definition) is 1. The first-order chi connectivity index (χ1) is 19.0. The lowest BCUT2D eigenvalue weighted by Gasteiger charge is -2.44. The number of amides is 1. The number of pyridine rings is 2. The molecule has 206 valence electrons. The molecule has 1 unspecified atom stereocenters. The zero-order chi connectivity index (χ0) is 26.9. The molecule has 0 saturated carbocycles. The molecule has 0 bridgehead atoms. The van der Waals surface area contributed by atoms with Gasteiger partial charge >= 0.3 is 0 Å². The Labute approximate surface area is 230 Å². The summed E-state index contributed by atoms with van der Waals surface area (Å²) in [5, 5.41) is 3.59. The molecule has 1 atom stereocenters. The Bertz CT molecular complexity index is 1290. The number of rotatable bonds is 3. The standard InChI is InChI=1S/C29H37N7O3/c1-4-5-27(37)36-17-21(18-36)34-9-7-26(33(3)10-11-34)23-16-24-28(20(2)31-23)39-19-22-25(6-8-30-29(22)32-24)35-12-14-38-15-13-35/h6,8,16,21,26H,7,9-15,17-19H2,1-3H3,(H,30,32). The van der Waals surface area contributed by atoms with E-state index in [-0.39, 0.29) is 11.9 Å². The second-order valence-electron chi connectivity index (χ2n) is 10.7. The van der Waals surface area contributed by atoms with E-state index < -0.39 is 0 Å². The number of aryl methyl sites for hydroxylation is 1. The first-order valence-corrected chi connectivity index (χ1v) is 13.9. The van der Waals surface area contributed by atoms with Crippen molar-refractivity contribution in [2.24, 2.45) is 0 Å². The van der Waals surface area contributed by atoms with Crippen molar-refractivity contribution in [3.8, 4) is 17.6 Å². The largest absolute Gasteiger partial charge is 0.485 e. The van der Waals surface area contributed by atoms with Crippen LogP contribution in [0.1, 0.15) is 36.3 Å². The van der Waals surface area contributed by atoms with E-state index in [1.54, 1.807) is 6.92 Å². The summed E-state index contributed by atoms with van der Waals surface area (Å²) in [6, 6.07) is 4.81. The Morgan fingerprint density at radius 3 is 2.77 bits per heavy atom. The number of likely N-dealkylation sites (tertiary alicyclic amines) is 1. The molecule has 1 N–H and O–H groups in total. The fourth-order valence-electron chi connectivity index (χ4n) is 6.07. The van der Waals surface area contributed by atoms with Crippen molar-refractivity contribution in [3.63, 3.8) is 0 Å². The van der Waals surface area contributed by atoms with E-state index in [2.05, 4.69) is 56.0 Å². The zero-order valence-corrected chi connectivity index (χ0v) is 23.1. The van der Waals surface area contributed by atoms with Crippen molar-refractivity contribution in [3.05, 3.63) is 35.3 Å². The molecule has 0 radical (unpaired) electrons. The maximum Gasteiger partial charge on any atom is 0.298 e. The van der Waals surface area contributed by atoms with E-state index >= 15 is 0 Å². The summed E-state index contributed by atoms with van der Waals surface area (Å²) in [6.45, 7) is 11.8. The van der Waals surface area contributed by atoms with Crippen LogP contribution in [0.5, 0.6) is 5.75 Å². The number of morpholine rings is 1. The summed E-state index contributed by atoms with van der Waals surface area (Å²) in [4.78, 5) is 30.9. The van der Waals surface area contributed by atoms with Gasteiger partial charge in [-0.25, -0.2) is 4.98 Å². The van der Waals surface area contributed by atoms with Crippen molar-refractivity contribution < 1.29 is 14.3 Å². The smallest absolute Gasteiger partial charge is 0.298 e. The van der Waals surface area contributed by atoms with Gasteiger partial charge in [0.2, 0.25) is 0 Å². The Morgan fingerprint density at radius 1 is 1.15 bits per heavy atom. The van der Waals surface area contributed by atoms with Gasteiger partial charge in [0.05, 0.1) is 41.9 Å². The number of fused-ring (bicyclic) bond motifs is 2. The molecular weight excluding hydrogens is 494 g/mol.